The normalized spacial score (nSPS) is 10.1. The minimum absolute atomic E-state index is 0.136. The van der Waals surface area contributed by atoms with E-state index in [2.05, 4.69) is 0 Å². The van der Waals surface area contributed by atoms with Gasteiger partial charge in [-0.25, -0.2) is 4.39 Å². The number of carbonyl (C=O) groups excluding carboxylic acids is 1. The molecule has 1 amide bonds. The number of likely N-dealkylation sites (N-methyl/N-ethyl adjacent to an activating group) is 1. The summed E-state index contributed by atoms with van der Waals surface area (Å²) in [5, 5.41) is 0. The van der Waals surface area contributed by atoms with Crippen molar-refractivity contribution in [3.05, 3.63) is 35.1 Å². The van der Waals surface area contributed by atoms with Gasteiger partial charge in [-0.2, -0.15) is 0 Å². The topological polar surface area (TPSA) is 46.3 Å². The van der Waals surface area contributed by atoms with Gasteiger partial charge in [-0.15, -0.1) is 0 Å². The smallest absolute Gasteiger partial charge is 0.253 e. The van der Waals surface area contributed by atoms with Crippen LogP contribution in [0, 0.1) is 12.7 Å². The lowest BCUT2D eigenvalue weighted by atomic mass is 10.1. The number of carbonyl (C=O) groups is 1. The highest BCUT2D eigenvalue weighted by molar-refractivity contribution is 5.94. The molecule has 0 saturated carbocycles. The van der Waals surface area contributed by atoms with E-state index in [1.807, 2.05) is 0 Å². The van der Waals surface area contributed by atoms with Crippen molar-refractivity contribution in [2.45, 2.75) is 6.92 Å². The molecule has 1 aromatic carbocycles. The number of nitrogens with zero attached hydrogens (tertiary/aromatic N) is 1. The van der Waals surface area contributed by atoms with Crippen LogP contribution in [0.3, 0.4) is 0 Å². The molecule has 0 unspecified atom stereocenters. The zero-order valence-corrected chi connectivity index (χ0v) is 8.96. The molecule has 82 valence electrons. The summed E-state index contributed by atoms with van der Waals surface area (Å²) in [4.78, 5) is 13.3. The quantitative estimate of drug-likeness (QED) is 0.813. The maximum absolute atomic E-state index is 13.0. The zero-order chi connectivity index (χ0) is 11.4. The van der Waals surface area contributed by atoms with E-state index in [0.717, 1.165) is 0 Å². The Balaban J connectivity index is 2.87. The van der Waals surface area contributed by atoms with Crippen LogP contribution < -0.4 is 5.73 Å². The van der Waals surface area contributed by atoms with Crippen LogP contribution in [0.2, 0.25) is 0 Å². The number of amides is 1. The number of nitrogens with two attached hydrogens (primary N) is 1. The fourth-order valence-electron chi connectivity index (χ4n) is 1.29. The van der Waals surface area contributed by atoms with Crippen LogP contribution in [-0.2, 0) is 0 Å². The van der Waals surface area contributed by atoms with Crippen molar-refractivity contribution in [1.82, 2.24) is 4.90 Å². The zero-order valence-electron chi connectivity index (χ0n) is 8.96. The van der Waals surface area contributed by atoms with Gasteiger partial charge in [-0.1, -0.05) is 0 Å². The van der Waals surface area contributed by atoms with Gasteiger partial charge in [-0.05, 0) is 30.7 Å². The van der Waals surface area contributed by atoms with Gasteiger partial charge in [0.1, 0.15) is 5.82 Å². The van der Waals surface area contributed by atoms with E-state index in [9.17, 15) is 9.18 Å². The maximum atomic E-state index is 13.0. The summed E-state index contributed by atoms with van der Waals surface area (Å²) in [6.45, 7) is 2.55. The van der Waals surface area contributed by atoms with Crippen LogP contribution in [0.5, 0.6) is 0 Å². The molecule has 0 atom stereocenters. The van der Waals surface area contributed by atoms with E-state index in [4.69, 9.17) is 5.73 Å². The van der Waals surface area contributed by atoms with Crippen molar-refractivity contribution < 1.29 is 9.18 Å². The minimum atomic E-state index is -0.298. The summed E-state index contributed by atoms with van der Waals surface area (Å²) >= 11 is 0. The van der Waals surface area contributed by atoms with Crippen molar-refractivity contribution >= 4 is 5.91 Å². The molecular formula is C11H15FN2O. The first-order chi connectivity index (χ1) is 7.06. The molecule has 0 fully saturated rings. The Morgan fingerprint density at radius 1 is 1.53 bits per heavy atom. The number of benzene rings is 1. The van der Waals surface area contributed by atoms with Gasteiger partial charge in [0.15, 0.2) is 0 Å². The Bertz CT molecular complexity index is 366. The Kier molecular flexibility index (Phi) is 3.80. The van der Waals surface area contributed by atoms with E-state index in [1.165, 1.54) is 17.0 Å². The first-order valence-corrected chi connectivity index (χ1v) is 4.78. The molecule has 0 saturated heterocycles. The average molecular weight is 210 g/mol. The average Bonchev–Trinajstić information content (AvgIpc) is 2.21. The highest BCUT2D eigenvalue weighted by Gasteiger charge is 2.11. The second-order valence-corrected chi connectivity index (χ2v) is 3.48. The molecule has 2 N–H and O–H groups in total. The molecule has 15 heavy (non-hydrogen) atoms. The number of hydrogen-bond acceptors (Lipinski definition) is 2. The summed E-state index contributed by atoms with van der Waals surface area (Å²) in [6, 6.07) is 4.33. The number of halogens is 1. The predicted octanol–water partition coefficient (Wildman–Crippen LogP) is 1.16. The van der Waals surface area contributed by atoms with Crippen LogP contribution in [0.25, 0.3) is 0 Å². The molecule has 0 spiro atoms. The molecule has 1 rings (SSSR count). The Morgan fingerprint density at radius 2 is 2.20 bits per heavy atom. The summed E-state index contributed by atoms with van der Waals surface area (Å²) in [5.41, 5.74) is 6.31. The lowest BCUT2D eigenvalue weighted by Gasteiger charge is -2.16. The first-order valence-electron chi connectivity index (χ1n) is 4.78. The Hall–Kier alpha value is -1.42. The second-order valence-electron chi connectivity index (χ2n) is 3.48. The van der Waals surface area contributed by atoms with Gasteiger partial charge in [0.2, 0.25) is 0 Å². The third-order valence-electron chi connectivity index (χ3n) is 2.22. The molecule has 0 aliphatic heterocycles. The first kappa shape index (κ1) is 11.7. The van der Waals surface area contributed by atoms with Gasteiger partial charge in [0.05, 0.1) is 0 Å². The third-order valence-corrected chi connectivity index (χ3v) is 2.22. The van der Waals surface area contributed by atoms with Crippen molar-refractivity contribution in [3.63, 3.8) is 0 Å². The molecule has 4 heteroatoms. The highest BCUT2D eigenvalue weighted by Crippen LogP contribution is 2.10. The standard InChI is InChI=1S/C11H15FN2O/c1-8-7-9(3-4-10(8)12)11(15)14(2)6-5-13/h3-4,7H,5-6,13H2,1-2H3. The SMILES string of the molecule is Cc1cc(C(=O)N(C)CCN)ccc1F. The monoisotopic (exact) mass is 210 g/mol. The summed E-state index contributed by atoms with van der Waals surface area (Å²) in [5.74, 6) is -0.434. The predicted molar refractivity (Wildman–Crippen MR) is 57.2 cm³/mol. The number of rotatable bonds is 3. The summed E-state index contributed by atoms with van der Waals surface area (Å²) in [7, 11) is 1.67. The summed E-state index contributed by atoms with van der Waals surface area (Å²) < 4.78 is 13.0. The highest BCUT2D eigenvalue weighted by atomic mass is 19.1. The molecular weight excluding hydrogens is 195 g/mol. The third kappa shape index (κ3) is 2.76. The van der Waals surface area contributed by atoms with E-state index in [-0.39, 0.29) is 11.7 Å². The van der Waals surface area contributed by atoms with E-state index in [0.29, 0.717) is 24.2 Å². The van der Waals surface area contributed by atoms with Gasteiger partial charge in [0, 0.05) is 25.7 Å². The maximum Gasteiger partial charge on any atom is 0.253 e. The van der Waals surface area contributed by atoms with Gasteiger partial charge < -0.3 is 10.6 Å². The van der Waals surface area contributed by atoms with Gasteiger partial charge in [0.25, 0.3) is 5.91 Å². The molecule has 3 nitrogen and oxygen atoms in total. The number of hydrogen-bond donors (Lipinski definition) is 1. The van der Waals surface area contributed by atoms with E-state index >= 15 is 0 Å². The number of aryl methyl sites for hydroxylation is 1. The molecule has 1 aromatic rings. The molecule has 0 heterocycles. The van der Waals surface area contributed by atoms with Crippen LogP contribution in [-0.4, -0.2) is 30.9 Å². The summed E-state index contributed by atoms with van der Waals surface area (Å²) in [6.07, 6.45) is 0. The lowest BCUT2D eigenvalue weighted by Crippen LogP contribution is -2.31. The van der Waals surface area contributed by atoms with Crippen LogP contribution in [0.1, 0.15) is 15.9 Å². The van der Waals surface area contributed by atoms with Crippen molar-refractivity contribution in [3.8, 4) is 0 Å². The second kappa shape index (κ2) is 4.89. The molecule has 0 aromatic heterocycles. The Morgan fingerprint density at radius 3 is 2.73 bits per heavy atom. The largest absolute Gasteiger partial charge is 0.340 e. The molecule has 0 aliphatic rings. The van der Waals surface area contributed by atoms with Gasteiger partial charge in [-0.3, -0.25) is 4.79 Å². The van der Waals surface area contributed by atoms with Crippen LogP contribution in [0.4, 0.5) is 4.39 Å². The molecule has 0 bridgehead atoms. The van der Waals surface area contributed by atoms with Crippen molar-refractivity contribution in [2.75, 3.05) is 20.1 Å². The molecule has 0 radical (unpaired) electrons. The lowest BCUT2D eigenvalue weighted by molar-refractivity contribution is 0.0799. The Labute approximate surface area is 88.7 Å². The van der Waals surface area contributed by atoms with Crippen molar-refractivity contribution in [1.29, 1.82) is 0 Å². The fourth-order valence-corrected chi connectivity index (χ4v) is 1.29. The van der Waals surface area contributed by atoms with Gasteiger partial charge >= 0.3 is 0 Å². The fraction of sp³-hybridized carbons (Fsp3) is 0.364. The van der Waals surface area contributed by atoms with Crippen molar-refractivity contribution in [2.24, 2.45) is 5.73 Å². The van der Waals surface area contributed by atoms with Crippen LogP contribution >= 0.6 is 0 Å². The van der Waals surface area contributed by atoms with E-state index in [1.54, 1.807) is 20.0 Å². The molecule has 0 aliphatic carbocycles. The van der Waals surface area contributed by atoms with Crippen LogP contribution in [0.15, 0.2) is 18.2 Å². The van der Waals surface area contributed by atoms with E-state index < -0.39 is 0 Å². The minimum Gasteiger partial charge on any atom is -0.340 e.